The van der Waals surface area contributed by atoms with Crippen molar-refractivity contribution in [2.24, 2.45) is 0 Å². The van der Waals surface area contributed by atoms with E-state index in [1.54, 1.807) is 6.92 Å². The molecule has 108 valence electrons. The van der Waals surface area contributed by atoms with E-state index in [1.165, 1.54) is 0 Å². The maximum atomic E-state index is 11.8. The van der Waals surface area contributed by atoms with Crippen molar-refractivity contribution in [3.63, 3.8) is 0 Å². The van der Waals surface area contributed by atoms with Crippen molar-refractivity contribution in [3.05, 3.63) is 0 Å². The maximum Gasteiger partial charge on any atom is 0.237 e. The summed E-state index contributed by atoms with van der Waals surface area (Å²) in [6.45, 7) is 10.2. The monoisotopic (exact) mass is 258 g/mol. The van der Waals surface area contributed by atoms with Gasteiger partial charge in [-0.3, -0.25) is 4.79 Å². The zero-order valence-corrected chi connectivity index (χ0v) is 12.5. The summed E-state index contributed by atoms with van der Waals surface area (Å²) in [6.07, 6.45) is 3.73. The molecule has 0 fully saturated rings. The van der Waals surface area contributed by atoms with Gasteiger partial charge in [0.25, 0.3) is 0 Å². The van der Waals surface area contributed by atoms with Crippen LogP contribution < -0.4 is 10.6 Å². The quantitative estimate of drug-likeness (QED) is 0.591. The van der Waals surface area contributed by atoms with Crippen molar-refractivity contribution in [1.82, 2.24) is 10.6 Å². The lowest BCUT2D eigenvalue weighted by atomic mass is 10.0. The Morgan fingerprint density at radius 2 is 1.89 bits per heavy atom. The van der Waals surface area contributed by atoms with E-state index < -0.39 is 5.60 Å². The van der Waals surface area contributed by atoms with E-state index in [-0.39, 0.29) is 18.0 Å². The summed E-state index contributed by atoms with van der Waals surface area (Å²) in [4.78, 5) is 11.8. The molecule has 0 saturated carbocycles. The molecule has 0 aliphatic rings. The third kappa shape index (κ3) is 7.67. The number of amides is 1. The van der Waals surface area contributed by atoms with Gasteiger partial charge in [0.05, 0.1) is 11.6 Å². The summed E-state index contributed by atoms with van der Waals surface area (Å²) in [5.74, 6) is 0.00301. The minimum absolute atomic E-state index is 0.00301. The first-order valence-electron chi connectivity index (χ1n) is 7.08. The lowest BCUT2D eigenvalue weighted by Crippen LogP contribution is -2.49. The molecule has 0 aliphatic carbocycles. The van der Waals surface area contributed by atoms with Gasteiger partial charge in [0.2, 0.25) is 5.91 Å². The molecule has 3 unspecified atom stereocenters. The number of carbonyl (C=O) groups excluding carboxylic acids is 1. The molecule has 4 nitrogen and oxygen atoms in total. The zero-order chi connectivity index (χ0) is 14.2. The first-order chi connectivity index (χ1) is 8.32. The van der Waals surface area contributed by atoms with Gasteiger partial charge in [-0.05, 0) is 33.6 Å². The highest BCUT2D eigenvalue weighted by Gasteiger charge is 2.22. The fraction of sp³-hybridized carbons (Fsp3) is 0.929. The van der Waals surface area contributed by atoms with Gasteiger partial charge in [0.1, 0.15) is 0 Å². The highest BCUT2D eigenvalue weighted by Crippen LogP contribution is 2.10. The Bertz CT molecular complexity index is 242. The molecule has 0 saturated heterocycles. The molecule has 3 atom stereocenters. The van der Waals surface area contributed by atoms with Crippen LogP contribution in [0.1, 0.15) is 60.3 Å². The summed E-state index contributed by atoms with van der Waals surface area (Å²) in [5, 5.41) is 16.1. The summed E-state index contributed by atoms with van der Waals surface area (Å²) in [5.41, 5.74) is -0.738. The molecule has 1 amide bonds. The number of nitrogens with one attached hydrogen (secondary N) is 2. The lowest BCUT2D eigenvalue weighted by Gasteiger charge is -2.25. The van der Waals surface area contributed by atoms with E-state index in [2.05, 4.69) is 17.6 Å². The van der Waals surface area contributed by atoms with Crippen LogP contribution in [0.15, 0.2) is 0 Å². The molecule has 0 aliphatic heterocycles. The molecule has 0 spiro atoms. The van der Waals surface area contributed by atoms with Crippen molar-refractivity contribution in [3.8, 4) is 0 Å². The highest BCUT2D eigenvalue weighted by atomic mass is 16.3. The van der Waals surface area contributed by atoms with Gasteiger partial charge in [0, 0.05) is 12.6 Å². The van der Waals surface area contributed by atoms with Crippen molar-refractivity contribution in [1.29, 1.82) is 0 Å². The van der Waals surface area contributed by atoms with E-state index in [9.17, 15) is 9.90 Å². The first kappa shape index (κ1) is 17.4. The average Bonchev–Trinajstić information content (AvgIpc) is 2.26. The van der Waals surface area contributed by atoms with Crippen LogP contribution in [0.4, 0.5) is 0 Å². The van der Waals surface area contributed by atoms with Crippen LogP contribution in [0.5, 0.6) is 0 Å². The summed E-state index contributed by atoms with van der Waals surface area (Å²) < 4.78 is 0. The van der Waals surface area contributed by atoms with Crippen LogP contribution in [0.3, 0.4) is 0 Å². The molecule has 0 aromatic rings. The molecule has 4 heteroatoms. The Kier molecular flexibility index (Phi) is 8.20. The van der Waals surface area contributed by atoms with E-state index in [0.29, 0.717) is 6.54 Å². The minimum Gasteiger partial charge on any atom is -0.389 e. The van der Waals surface area contributed by atoms with Gasteiger partial charge in [0.15, 0.2) is 0 Å². The number of hydrogen-bond donors (Lipinski definition) is 3. The first-order valence-corrected chi connectivity index (χ1v) is 7.08. The molecule has 0 bridgehead atoms. The Labute approximate surface area is 112 Å². The molecule has 18 heavy (non-hydrogen) atoms. The average molecular weight is 258 g/mol. The number of hydrogen-bond acceptors (Lipinski definition) is 3. The van der Waals surface area contributed by atoms with Gasteiger partial charge in [-0.2, -0.15) is 0 Å². The predicted octanol–water partition coefficient (Wildman–Crippen LogP) is 1.82. The smallest absolute Gasteiger partial charge is 0.237 e. The van der Waals surface area contributed by atoms with Crippen molar-refractivity contribution in [2.45, 2.75) is 78.0 Å². The molecular weight excluding hydrogens is 228 g/mol. The third-order valence-electron chi connectivity index (χ3n) is 3.08. The minimum atomic E-state index is -0.738. The molecule has 0 aromatic carbocycles. The van der Waals surface area contributed by atoms with Gasteiger partial charge in [-0.25, -0.2) is 0 Å². The van der Waals surface area contributed by atoms with Crippen LogP contribution in [0, 0.1) is 0 Å². The summed E-state index contributed by atoms with van der Waals surface area (Å²) in [7, 11) is 0. The van der Waals surface area contributed by atoms with Crippen LogP contribution in [0.25, 0.3) is 0 Å². The molecule has 0 radical (unpaired) electrons. The normalized spacial score (nSPS) is 17.9. The summed E-state index contributed by atoms with van der Waals surface area (Å²) >= 11 is 0. The fourth-order valence-electron chi connectivity index (χ4n) is 1.97. The van der Waals surface area contributed by atoms with Crippen molar-refractivity contribution < 1.29 is 9.90 Å². The Balaban J connectivity index is 4.01. The van der Waals surface area contributed by atoms with Crippen LogP contribution in [-0.4, -0.2) is 35.2 Å². The lowest BCUT2D eigenvalue weighted by molar-refractivity contribution is -0.123. The Hall–Kier alpha value is -0.610. The topological polar surface area (TPSA) is 61.4 Å². The fourth-order valence-corrected chi connectivity index (χ4v) is 1.97. The predicted molar refractivity (Wildman–Crippen MR) is 75.5 cm³/mol. The van der Waals surface area contributed by atoms with E-state index in [0.717, 1.165) is 25.7 Å². The number of aliphatic hydroxyl groups is 1. The third-order valence-corrected chi connectivity index (χ3v) is 3.08. The van der Waals surface area contributed by atoms with E-state index in [4.69, 9.17) is 0 Å². The molecule has 0 aromatic heterocycles. The van der Waals surface area contributed by atoms with Crippen LogP contribution >= 0.6 is 0 Å². The molecule has 3 N–H and O–H groups in total. The highest BCUT2D eigenvalue weighted by molar-refractivity contribution is 5.81. The second-order valence-corrected chi connectivity index (χ2v) is 5.55. The standard InChI is InChI=1S/C14H30N2O2/c1-6-8-11(3)16-13(17)12(4)15-10-14(5,18)9-7-2/h11-12,15,18H,6-10H2,1-5H3,(H,16,17). The Morgan fingerprint density at radius 3 is 2.39 bits per heavy atom. The molecular formula is C14H30N2O2. The van der Waals surface area contributed by atoms with Gasteiger partial charge < -0.3 is 15.7 Å². The van der Waals surface area contributed by atoms with Crippen LogP contribution in [-0.2, 0) is 4.79 Å². The summed E-state index contributed by atoms with van der Waals surface area (Å²) in [6, 6.07) is -0.0597. The zero-order valence-electron chi connectivity index (χ0n) is 12.5. The second kappa shape index (κ2) is 8.48. The van der Waals surface area contributed by atoms with E-state index in [1.807, 2.05) is 20.8 Å². The van der Waals surface area contributed by atoms with Crippen molar-refractivity contribution in [2.75, 3.05) is 6.54 Å². The van der Waals surface area contributed by atoms with E-state index >= 15 is 0 Å². The number of carbonyl (C=O) groups is 1. The van der Waals surface area contributed by atoms with Crippen LogP contribution in [0.2, 0.25) is 0 Å². The van der Waals surface area contributed by atoms with Gasteiger partial charge >= 0.3 is 0 Å². The SMILES string of the molecule is CCCC(C)NC(=O)C(C)NCC(C)(O)CCC. The Morgan fingerprint density at radius 1 is 1.28 bits per heavy atom. The van der Waals surface area contributed by atoms with Gasteiger partial charge in [-0.15, -0.1) is 0 Å². The second-order valence-electron chi connectivity index (χ2n) is 5.55. The largest absolute Gasteiger partial charge is 0.389 e. The molecule has 0 heterocycles. The maximum absolute atomic E-state index is 11.8. The molecule has 0 rings (SSSR count). The van der Waals surface area contributed by atoms with Gasteiger partial charge in [-0.1, -0.05) is 26.7 Å². The van der Waals surface area contributed by atoms with Crippen molar-refractivity contribution >= 4 is 5.91 Å². The number of rotatable bonds is 9.